The molecule has 0 aliphatic rings. The SMILES string of the molecule is CC(=O)CC(=O)NCCc1nc(C(=O)O)cs1. The van der Waals surface area contributed by atoms with Crippen molar-refractivity contribution in [1.82, 2.24) is 10.3 Å². The fourth-order valence-electron chi connectivity index (χ4n) is 1.12. The largest absolute Gasteiger partial charge is 0.476 e. The van der Waals surface area contributed by atoms with Crippen LogP contribution >= 0.6 is 11.3 Å². The Hall–Kier alpha value is -1.76. The summed E-state index contributed by atoms with van der Waals surface area (Å²) in [6.07, 6.45) is 0.333. The van der Waals surface area contributed by atoms with E-state index >= 15 is 0 Å². The highest BCUT2D eigenvalue weighted by atomic mass is 32.1. The number of thiazole rings is 1. The Bertz CT molecular complexity index is 441. The Morgan fingerprint density at radius 2 is 2.18 bits per heavy atom. The Morgan fingerprint density at radius 3 is 2.71 bits per heavy atom. The first kappa shape index (κ1) is 13.3. The van der Waals surface area contributed by atoms with Crippen molar-refractivity contribution in [3.05, 3.63) is 16.1 Å². The maximum atomic E-state index is 11.1. The number of carboxylic acids is 1. The molecule has 0 radical (unpaired) electrons. The number of rotatable bonds is 6. The molecule has 0 fully saturated rings. The minimum Gasteiger partial charge on any atom is -0.476 e. The number of aromatic nitrogens is 1. The normalized spacial score (nSPS) is 9.94. The number of carbonyl (C=O) groups is 3. The predicted molar refractivity (Wildman–Crippen MR) is 61.1 cm³/mol. The van der Waals surface area contributed by atoms with Crippen LogP contribution in [0.2, 0.25) is 0 Å². The van der Waals surface area contributed by atoms with Gasteiger partial charge in [-0.1, -0.05) is 0 Å². The summed E-state index contributed by atoms with van der Waals surface area (Å²) in [5, 5.41) is 13.3. The van der Waals surface area contributed by atoms with E-state index in [9.17, 15) is 14.4 Å². The van der Waals surface area contributed by atoms with Crippen molar-refractivity contribution in [2.24, 2.45) is 0 Å². The van der Waals surface area contributed by atoms with Crippen molar-refractivity contribution in [3.8, 4) is 0 Å². The van der Waals surface area contributed by atoms with E-state index < -0.39 is 5.97 Å². The van der Waals surface area contributed by atoms with Crippen LogP contribution in [0.4, 0.5) is 0 Å². The number of aromatic carboxylic acids is 1. The lowest BCUT2D eigenvalue weighted by atomic mass is 10.3. The summed E-state index contributed by atoms with van der Waals surface area (Å²) in [5.41, 5.74) is 0.0139. The molecular weight excluding hydrogens is 244 g/mol. The Labute approximate surface area is 102 Å². The summed E-state index contributed by atoms with van der Waals surface area (Å²) in [6.45, 7) is 1.69. The quantitative estimate of drug-likeness (QED) is 0.721. The Kier molecular flexibility index (Phi) is 4.77. The number of carboxylic acid groups (broad SMARTS) is 1. The standard InChI is InChI=1S/C10H12N2O4S/c1-6(13)4-8(14)11-3-2-9-12-7(5-17-9)10(15)16/h5H,2-4H2,1H3,(H,11,14)(H,15,16). The first-order valence-electron chi connectivity index (χ1n) is 4.93. The number of carbonyl (C=O) groups excluding carboxylic acids is 2. The molecule has 6 nitrogen and oxygen atoms in total. The van der Waals surface area contributed by atoms with Gasteiger partial charge in [-0.05, 0) is 6.92 Å². The van der Waals surface area contributed by atoms with Crippen LogP contribution in [0.15, 0.2) is 5.38 Å². The van der Waals surface area contributed by atoms with Gasteiger partial charge >= 0.3 is 5.97 Å². The molecule has 7 heteroatoms. The fraction of sp³-hybridized carbons (Fsp3) is 0.400. The van der Waals surface area contributed by atoms with Gasteiger partial charge in [-0.15, -0.1) is 11.3 Å². The zero-order valence-electron chi connectivity index (χ0n) is 9.23. The number of nitrogens with zero attached hydrogens (tertiary/aromatic N) is 1. The van der Waals surface area contributed by atoms with Gasteiger partial charge in [-0.3, -0.25) is 9.59 Å². The van der Waals surface area contributed by atoms with Crippen LogP contribution in [0.1, 0.15) is 28.8 Å². The topological polar surface area (TPSA) is 96.4 Å². The van der Waals surface area contributed by atoms with Gasteiger partial charge in [0.1, 0.15) is 5.78 Å². The number of ketones is 1. The van der Waals surface area contributed by atoms with Gasteiger partial charge in [0.25, 0.3) is 0 Å². The van der Waals surface area contributed by atoms with Crippen LogP contribution in [0.5, 0.6) is 0 Å². The molecule has 1 amide bonds. The highest BCUT2D eigenvalue weighted by Crippen LogP contribution is 2.09. The maximum Gasteiger partial charge on any atom is 0.355 e. The molecule has 0 aliphatic heterocycles. The van der Waals surface area contributed by atoms with Crippen LogP contribution in [0.3, 0.4) is 0 Å². The smallest absolute Gasteiger partial charge is 0.355 e. The van der Waals surface area contributed by atoms with Gasteiger partial charge in [0.15, 0.2) is 5.69 Å². The molecule has 1 aromatic rings. The second-order valence-electron chi connectivity index (χ2n) is 3.41. The summed E-state index contributed by atoms with van der Waals surface area (Å²) >= 11 is 1.23. The first-order chi connectivity index (χ1) is 7.99. The number of amides is 1. The summed E-state index contributed by atoms with van der Waals surface area (Å²) in [7, 11) is 0. The lowest BCUT2D eigenvalue weighted by molar-refractivity contribution is -0.127. The number of hydrogen-bond donors (Lipinski definition) is 2. The highest BCUT2D eigenvalue weighted by Gasteiger charge is 2.09. The van der Waals surface area contributed by atoms with Crippen LogP contribution < -0.4 is 5.32 Å². The molecule has 0 aromatic carbocycles. The molecule has 1 aromatic heterocycles. The van der Waals surface area contributed by atoms with Crippen LogP contribution in [-0.2, 0) is 16.0 Å². The van der Waals surface area contributed by atoms with Crippen molar-refractivity contribution >= 4 is 29.0 Å². The lowest BCUT2D eigenvalue weighted by Gasteiger charge is -2.01. The van der Waals surface area contributed by atoms with E-state index in [1.165, 1.54) is 23.6 Å². The van der Waals surface area contributed by atoms with Crippen molar-refractivity contribution < 1.29 is 19.5 Å². The van der Waals surface area contributed by atoms with Crippen LogP contribution in [0.25, 0.3) is 0 Å². The van der Waals surface area contributed by atoms with Crippen LogP contribution in [0, 0.1) is 0 Å². The predicted octanol–water partition coefficient (Wildman–Crippen LogP) is 0.479. The summed E-state index contributed by atoms with van der Waals surface area (Å²) in [6, 6.07) is 0. The molecular formula is C10H12N2O4S. The van der Waals surface area contributed by atoms with Gasteiger partial charge < -0.3 is 10.4 Å². The van der Waals surface area contributed by atoms with Gasteiger partial charge in [-0.25, -0.2) is 9.78 Å². The van der Waals surface area contributed by atoms with Crippen molar-refractivity contribution in [1.29, 1.82) is 0 Å². The zero-order valence-corrected chi connectivity index (χ0v) is 10.0. The third-order valence-corrected chi connectivity index (χ3v) is 2.75. The summed E-state index contributed by atoms with van der Waals surface area (Å²) in [5.74, 6) is -1.58. The van der Waals surface area contributed by atoms with Gasteiger partial charge in [-0.2, -0.15) is 0 Å². The number of Topliss-reactive ketones (excluding diaryl/α,β-unsaturated/α-hetero) is 1. The molecule has 1 rings (SSSR count). The molecule has 0 bridgehead atoms. The second kappa shape index (κ2) is 6.09. The molecule has 17 heavy (non-hydrogen) atoms. The van der Waals surface area contributed by atoms with E-state index in [2.05, 4.69) is 10.3 Å². The molecule has 0 unspecified atom stereocenters. The van der Waals surface area contributed by atoms with E-state index in [1.54, 1.807) is 0 Å². The summed E-state index contributed by atoms with van der Waals surface area (Å²) < 4.78 is 0. The number of nitrogens with one attached hydrogen (secondary N) is 1. The van der Waals surface area contributed by atoms with Crippen molar-refractivity contribution in [3.63, 3.8) is 0 Å². The van der Waals surface area contributed by atoms with E-state index in [-0.39, 0.29) is 23.8 Å². The van der Waals surface area contributed by atoms with Gasteiger partial charge in [0.2, 0.25) is 5.91 Å². The van der Waals surface area contributed by atoms with Crippen LogP contribution in [-0.4, -0.2) is 34.3 Å². The maximum absolute atomic E-state index is 11.1. The second-order valence-corrected chi connectivity index (χ2v) is 4.35. The zero-order chi connectivity index (χ0) is 12.8. The Morgan fingerprint density at radius 1 is 1.47 bits per heavy atom. The fourth-order valence-corrected chi connectivity index (χ4v) is 1.89. The molecule has 0 saturated carbocycles. The third-order valence-electron chi connectivity index (χ3n) is 1.84. The lowest BCUT2D eigenvalue weighted by Crippen LogP contribution is -2.27. The minimum atomic E-state index is -1.06. The average Bonchev–Trinajstić information content (AvgIpc) is 2.65. The van der Waals surface area contributed by atoms with E-state index in [4.69, 9.17) is 5.11 Å². The third kappa shape index (κ3) is 4.73. The van der Waals surface area contributed by atoms with Crippen molar-refractivity contribution in [2.75, 3.05) is 6.54 Å². The van der Waals surface area contributed by atoms with E-state index in [0.29, 0.717) is 18.0 Å². The monoisotopic (exact) mass is 256 g/mol. The molecule has 0 spiro atoms. The minimum absolute atomic E-state index is 0.0139. The molecule has 1 heterocycles. The van der Waals surface area contributed by atoms with E-state index in [1.807, 2.05) is 0 Å². The van der Waals surface area contributed by atoms with Crippen molar-refractivity contribution in [2.45, 2.75) is 19.8 Å². The van der Waals surface area contributed by atoms with Gasteiger partial charge in [0, 0.05) is 18.3 Å². The van der Waals surface area contributed by atoms with E-state index in [0.717, 1.165) is 0 Å². The molecule has 0 atom stereocenters. The molecule has 2 N–H and O–H groups in total. The first-order valence-corrected chi connectivity index (χ1v) is 5.81. The van der Waals surface area contributed by atoms with Gasteiger partial charge in [0.05, 0.1) is 11.4 Å². The Balaban J connectivity index is 2.33. The molecule has 0 aliphatic carbocycles. The average molecular weight is 256 g/mol. The molecule has 92 valence electrons. The highest BCUT2D eigenvalue weighted by molar-refractivity contribution is 7.09. The molecule has 0 saturated heterocycles. The number of hydrogen-bond acceptors (Lipinski definition) is 5. The summed E-state index contributed by atoms with van der Waals surface area (Å²) in [4.78, 5) is 36.2.